The number of rotatable bonds is 20. The molecule has 10 aromatic heterocycles. The van der Waals surface area contributed by atoms with Gasteiger partial charge in [0.05, 0.1) is 149 Å². The average molecular weight is 2140 g/mol. The molecular formula is C92H78Cl10F2N20O8S5. The van der Waals surface area contributed by atoms with E-state index >= 15 is 0 Å². The van der Waals surface area contributed by atoms with E-state index in [4.69, 9.17) is 173 Å². The van der Waals surface area contributed by atoms with Gasteiger partial charge in [-0.3, -0.25) is 9.59 Å². The van der Waals surface area contributed by atoms with Crippen LogP contribution in [0.2, 0.25) is 50.2 Å². The summed E-state index contributed by atoms with van der Waals surface area (Å²) in [5.41, 5.74) is 43.9. The number of carbonyl (C=O) groups is 2. The quantitative estimate of drug-likeness (QED) is 0.0317. The molecule has 5 aromatic carbocycles. The molecule has 2 aliphatic carbocycles. The Morgan fingerprint density at radius 3 is 0.898 bits per heavy atom. The second kappa shape index (κ2) is 40.1. The van der Waals surface area contributed by atoms with Crippen molar-refractivity contribution in [2.75, 3.05) is 95.6 Å². The highest BCUT2D eigenvalue weighted by Gasteiger charge is 2.36. The highest BCUT2D eigenvalue weighted by atomic mass is 35.5. The summed E-state index contributed by atoms with van der Waals surface area (Å²) in [6, 6.07) is 18.8. The van der Waals surface area contributed by atoms with E-state index in [0.717, 1.165) is 144 Å². The number of aromatic nitrogens is 10. The molecule has 0 saturated heterocycles. The Hall–Kier alpha value is -10.4. The lowest BCUT2D eigenvalue weighted by molar-refractivity contribution is 0.0221. The van der Waals surface area contributed by atoms with Crippen LogP contribution in [0.5, 0.6) is 28.7 Å². The highest BCUT2D eigenvalue weighted by Crippen LogP contribution is 2.54. The SMILES string of the molecule is C=C(NC)c1cc2c(-c3c(Cl)cc(Cl)c4c3CCO4)nc(N)nc2s1.C=C(NC1CC1)c1cc2c(-c3c(Cl)cc(Cl)c4c3CCO4)nc(N)nc2s1.C=C(NC1CCC1)c1cc2c(-c3c(Cl)cc(Cl)c4c3CCO4)nc(N)nc2s1.CC(F)(F)CNC(=O)c1cc2c(-c3c(Cl)cc(Cl)c4c3CCO4)nc(N)nc2s1.COCCNC(=O)c1cc2c(-c3c(Cl)cc(Cl)c4c3CCO4)nc(N)nc2s1. The van der Waals surface area contributed by atoms with Crippen LogP contribution in [0.3, 0.4) is 0 Å². The number of amides is 2. The Balaban J connectivity index is 0.000000114. The maximum atomic E-state index is 13.1. The minimum Gasteiger partial charge on any atom is -0.491 e. The smallest absolute Gasteiger partial charge is 0.262 e. The molecule has 7 aliphatic rings. The first kappa shape index (κ1) is 96.8. The molecule has 45 heteroatoms. The lowest BCUT2D eigenvalue weighted by atomic mass is 9.93. The monoisotopic (exact) mass is 2140 g/mol. The van der Waals surface area contributed by atoms with Gasteiger partial charge in [0, 0.05) is 171 Å². The van der Waals surface area contributed by atoms with E-state index in [9.17, 15) is 18.4 Å². The molecule has 22 rings (SSSR count). The molecular weight excluding hydrogens is 2070 g/mol. The molecule has 2 amide bonds. The normalized spacial score (nSPS) is 14.2. The van der Waals surface area contributed by atoms with E-state index in [1.807, 2.05) is 13.1 Å². The molecule has 708 valence electrons. The third-order valence-corrected chi connectivity index (χ3v) is 31.1. The van der Waals surface area contributed by atoms with Gasteiger partial charge in [-0.25, -0.2) is 58.6 Å². The van der Waals surface area contributed by atoms with E-state index in [2.05, 4.69) is 108 Å². The summed E-state index contributed by atoms with van der Waals surface area (Å²) in [5.74, 6) is 0.0517. The van der Waals surface area contributed by atoms with Crippen LogP contribution < -0.4 is 78.9 Å². The number of nitrogens with one attached hydrogen (secondary N) is 5. The Bertz CT molecular complexity index is 7520. The van der Waals surface area contributed by atoms with Crippen molar-refractivity contribution in [2.45, 2.75) is 89.1 Å². The number of fused-ring (bicyclic) bond motifs is 10. The van der Waals surface area contributed by atoms with Crippen LogP contribution in [0.4, 0.5) is 38.5 Å². The van der Waals surface area contributed by atoms with Gasteiger partial charge >= 0.3 is 0 Å². The first-order valence-electron chi connectivity index (χ1n) is 42.4. The number of methoxy groups -OCH3 is 1. The molecule has 0 atom stereocenters. The van der Waals surface area contributed by atoms with Crippen molar-refractivity contribution >= 4 is 282 Å². The summed E-state index contributed by atoms with van der Waals surface area (Å²) in [6.45, 7) is 15.9. The summed E-state index contributed by atoms with van der Waals surface area (Å²) in [7, 11) is 3.40. The van der Waals surface area contributed by atoms with Gasteiger partial charge in [-0.1, -0.05) is 136 Å². The molecule has 0 radical (unpaired) electrons. The van der Waals surface area contributed by atoms with Gasteiger partial charge in [0.15, 0.2) is 0 Å². The number of thiophene rings is 5. The number of ether oxygens (including phenoxy) is 6. The molecule has 137 heavy (non-hydrogen) atoms. The number of benzene rings is 5. The second-order valence-corrected chi connectivity index (χ2v) is 41.5. The Morgan fingerprint density at radius 2 is 0.650 bits per heavy atom. The first-order chi connectivity index (χ1) is 65.6. The number of hydrogen-bond acceptors (Lipinski definition) is 31. The lowest BCUT2D eigenvalue weighted by Gasteiger charge is -2.28. The van der Waals surface area contributed by atoms with E-state index in [-0.39, 0.29) is 40.5 Å². The molecule has 15 heterocycles. The standard InChI is InChI=1S/C20H18Cl2N4OS.C19H16Cl2N4OS.C18H14Cl2F2N4O2S.C18H16Cl2N4O3S.C17H14Cl2N4OS/c1-9(24-10-3-2-4-10)15-7-12-17(25-20(23)26-19(12)28-15)16-11-5-6-27-18(11)14(22)8-13(16)21;1-8(23-9-2-3-9)14-6-11-16(24-19(22)25-18(11)27-14)15-10-4-5-26-17(10)13(21)7-12(15)20;1-18(21,22)6-24-15(27)11-4-8-13(25-17(23)26-16(8)29-11)12-7-2-3-28-14(7)10(20)5-9(12)19;1-26-5-3-22-16(25)12-6-9-14(23-18(21)24-17(9)28-12)13-8-2-4-27-15(8)11(20)7-10(13)19;1-7(21-2)12-5-9-14(22-17(20)23-16(9)25-12)13-8-3-4-24-15(8)11(19)6-10(13)18/h7-8,10,24H,1-6H2,(H2,23,25,26);6-7,9,23H,1-5H2,(H2,22,24,25);4-5H,2-3,6H2,1H3,(H,24,27)(H2,23,25,26);6-7H,2-5H2,1H3,(H,22,25)(H2,21,23,24);5-6,21H,1,3-4H2,2H3,(H2,20,22,23). The topological polar surface area (TPSA) is 409 Å². The molecule has 15 N–H and O–H groups in total. The molecule has 0 unspecified atom stereocenters. The zero-order chi connectivity index (χ0) is 96.6. The summed E-state index contributed by atoms with van der Waals surface area (Å²) in [5, 5.41) is 23.7. The Kier molecular flexibility index (Phi) is 28.3. The van der Waals surface area contributed by atoms with Crippen LogP contribution in [-0.4, -0.2) is 147 Å². The van der Waals surface area contributed by atoms with Crippen molar-refractivity contribution in [1.29, 1.82) is 0 Å². The molecule has 0 bridgehead atoms. The molecule has 2 fully saturated rings. The zero-order valence-electron chi connectivity index (χ0n) is 72.5. The van der Waals surface area contributed by atoms with Gasteiger partial charge in [-0.15, -0.1) is 56.7 Å². The number of nitrogen functional groups attached to an aromatic ring is 5. The number of anilines is 5. The predicted octanol–water partition coefficient (Wildman–Crippen LogP) is 22.7. The number of alkyl halides is 2. The fourth-order valence-corrected chi connectivity index (χ4v) is 24.4. The van der Waals surface area contributed by atoms with Crippen LogP contribution in [0.1, 0.15) is 101 Å². The number of nitrogens with zero attached hydrogens (tertiary/aromatic N) is 10. The van der Waals surface area contributed by atoms with Crippen molar-refractivity contribution in [3.63, 3.8) is 0 Å². The summed E-state index contributed by atoms with van der Waals surface area (Å²) >= 11 is 70.9. The van der Waals surface area contributed by atoms with Gasteiger partial charge in [0.2, 0.25) is 29.7 Å². The van der Waals surface area contributed by atoms with E-state index in [1.54, 1.807) is 72.2 Å². The predicted molar refractivity (Wildman–Crippen MR) is 553 cm³/mol. The summed E-state index contributed by atoms with van der Waals surface area (Å²) < 4.78 is 59.4. The largest absolute Gasteiger partial charge is 0.491 e. The zero-order valence-corrected chi connectivity index (χ0v) is 84.1. The molecule has 0 spiro atoms. The van der Waals surface area contributed by atoms with Crippen molar-refractivity contribution in [3.8, 4) is 85.0 Å². The van der Waals surface area contributed by atoms with Gasteiger partial charge < -0.3 is 83.7 Å². The van der Waals surface area contributed by atoms with Crippen LogP contribution in [0, 0.1) is 0 Å². The van der Waals surface area contributed by atoms with Crippen LogP contribution >= 0.6 is 173 Å². The highest BCUT2D eigenvalue weighted by molar-refractivity contribution is 7.21. The first-order valence-corrected chi connectivity index (χ1v) is 50.3. The van der Waals surface area contributed by atoms with E-state index < -0.39 is 18.4 Å². The van der Waals surface area contributed by atoms with Crippen molar-refractivity contribution in [3.05, 3.63) is 183 Å². The second-order valence-electron chi connectivity index (χ2n) is 32.3. The molecule has 5 aliphatic heterocycles. The van der Waals surface area contributed by atoms with Gasteiger partial charge in [-0.05, 0) is 92.8 Å². The molecule has 15 aromatic rings. The fourth-order valence-electron chi connectivity index (χ4n) is 16.3. The molecule has 28 nitrogen and oxygen atoms in total. The van der Waals surface area contributed by atoms with Crippen LogP contribution in [0.25, 0.3) is 124 Å². The maximum Gasteiger partial charge on any atom is 0.262 e. The number of carbonyl (C=O) groups excluding carboxylic acids is 2. The van der Waals surface area contributed by atoms with Gasteiger partial charge in [0.25, 0.3) is 17.7 Å². The minimum atomic E-state index is -3.01. The number of hydrogen-bond donors (Lipinski definition) is 10. The van der Waals surface area contributed by atoms with Crippen LogP contribution in [-0.2, 0) is 36.8 Å². The average Bonchev–Trinajstić information content (AvgIpc) is 1.64. The van der Waals surface area contributed by atoms with E-state index in [0.29, 0.717) is 215 Å². The summed E-state index contributed by atoms with van der Waals surface area (Å²) in [6.07, 6.45) is 9.44. The van der Waals surface area contributed by atoms with Crippen molar-refractivity contribution < 1.29 is 46.8 Å². The Morgan fingerprint density at radius 1 is 0.394 bits per heavy atom. The van der Waals surface area contributed by atoms with E-state index in [1.165, 1.54) is 54.8 Å². The Labute approximate surface area is 850 Å². The van der Waals surface area contributed by atoms with Crippen molar-refractivity contribution in [2.24, 2.45) is 0 Å². The van der Waals surface area contributed by atoms with Gasteiger partial charge in [-0.2, -0.15) is 0 Å². The third kappa shape index (κ3) is 20.0. The maximum absolute atomic E-state index is 13.1. The number of nitrogens with two attached hydrogens (primary N) is 5. The fraction of sp³-hybridized carbons (Fsp3) is 0.261. The van der Waals surface area contributed by atoms with Gasteiger partial charge in [0.1, 0.15) is 52.9 Å². The third-order valence-electron chi connectivity index (χ3n) is 22.9. The van der Waals surface area contributed by atoms with Crippen molar-refractivity contribution in [1.82, 2.24) is 76.4 Å². The molecule has 2 saturated carbocycles. The minimum absolute atomic E-state index is 0.0000756. The lowest BCUT2D eigenvalue weighted by Crippen LogP contribution is -2.34. The van der Waals surface area contributed by atoms with Crippen LogP contribution in [0.15, 0.2) is 80.4 Å². The summed E-state index contributed by atoms with van der Waals surface area (Å²) in [4.78, 5) is 75.9. The number of halogens is 12.